The number of benzene rings is 2. The first-order chi connectivity index (χ1) is 12.7. The Balaban J connectivity index is 0.00000261. The van der Waals surface area contributed by atoms with Crippen LogP contribution >= 0.6 is 35.7 Å². The van der Waals surface area contributed by atoms with E-state index in [4.69, 9.17) is 9.47 Å². The summed E-state index contributed by atoms with van der Waals surface area (Å²) in [4.78, 5) is 5.65. The highest BCUT2D eigenvalue weighted by molar-refractivity contribution is 14.0. The van der Waals surface area contributed by atoms with Crippen molar-refractivity contribution in [3.8, 4) is 11.5 Å². The van der Waals surface area contributed by atoms with Gasteiger partial charge in [0, 0.05) is 35.0 Å². The quantitative estimate of drug-likeness (QED) is 0.331. The third-order valence-electron chi connectivity index (χ3n) is 4.33. The summed E-state index contributed by atoms with van der Waals surface area (Å²) in [5.74, 6) is 2.14. The predicted molar refractivity (Wildman–Crippen MR) is 124 cm³/mol. The molecule has 1 fully saturated rings. The SMILES string of the molecule is CN=C(NCC1(Sc2ccccc2)CC1)Nc1ccc(OC)c(OC)c1.I. The Morgan fingerprint density at radius 1 is 1.07 bits per heavy atom. The number of rotatable bonds is 7. The molecule has 27 heavy (non-hydrogen) atoms. The summed E-state index contributed by atoms with van der Waals surface area (Å²) in [5, 5.41) is 6.77. The van der Waals surface area contributed by atoms with E-state index in [1.807, 2.05) is 30.0 Å². The lowest BCUT2D eigenvalue weighted by molar-refractivity contribution is 0.355. The minimum absolute atomic E-state index is 0. The van der Waals surface area contributed by atoms with Crippen molar-refractivity contribution < 1.29 is 9.47 Å². The van der Waals surface area contributed by atoms with E-state index in [9.17, 15) is 0 Å². The lowest BCUT2D eigenvalue weighted by atomic mass is 10.2. The van der Waals surface area contributed by atoms with E-state index in [2.05, 4.69) is 46.0 Å². The summed E-state index contributed by atoms with van der Waals surface area (Å²) < 4.78 is 10.9. The Morgan fingerprint density at radius 2 is 1.78 bits per heavy atom. The van der Waals surface area contributed by atoms with Gasteiger partial charge in [-0.3, -0.25) is 4.99 Å². The van der Waals surface area contributed by atoms with Crippen molar-refractivity contribution >= 4 is 47.4 Å². The van der Waals surface area contributed by atoms with Gasteiger partial charge in [-0.15, -0.1) is 35.7 Å². The normalized spacial score (nSPS) is 14.7. The average molecular weight is 499 g/mol. The number of nitrogens with one attached hydrogen (secondary N) is 2. The molecule has 0 amide bonds. The van der Waals surface area contributed by atoms with Crippen molar-refractivity contribution in [2.24, 2.45) is 4.99 Å². The molecule has 0 saturated heterocycles. The molecule has 2 N–H and O–H groups in total. The van der Waals surface area contributed by atoms with Gasteiger partial charge in [-0.25, -0.2) is 0 Å². The van der Waals surface area contributed by atoms with Crippen LogP contribution in [0.4, 0.5) is 5.69 Å². The van der Waals surface area contributed by atoms with Crippen LogP contribution in [0.1, 0.15) is 12.8 Å². The van der Waals surface area contributed by atoms with Crippen LogP contribution in [0.2, 0.25) is 0 Å². The minimum atomic E-state index is 0. The molecule has 0 aromatic heterocycles. The summed E-state index contributed by atoms with van der Waals surface area (Å²) in [6, 6.07) is 16.3. The molecule has 0 radical (unpaired) electrons. The van der Waals surface area contributed by atoms with E-state index in [0.29, 0.717) is 11.5 Å². The topological polar surface area (TPSA) is 54.9 Å². The average Bonchev–Trinajstić information content (AvgIpc) is 3.45. The molecule has 146 valence electrons. The van der Waals surface area contributed by atoms with Crippen LogP contribution in [0.15, 0.2) is 58.4 Å². The molecule has 7 heteroatoms. The molecule has 1 aliphatic rings. The molecule has 3 rings (SSSR count). The Labute approximate surface area is 182 Å². The van der Waals surface area contributed by atoms with E-state index < -0.39 is 0 Å². The molecule has 2 aromatic rings. The predicted octanol–water partition coefficient (Wildman–Crippen LogP) is 4.63. The number of hydrogen-bond acceptors (Lipinski definition) is 4. The van der Waals surface area contributed by atoms with E-state index in [1.54, 1.807) is 21.3 Å². The number of guanidine groups is 1. The first kappa shape index (κ1) is 21.7. The smallest absolute Gasteiger partial charge is 0.195 e. The van der Waals surface area contributed by atoms with Crippen molar-refractivity contribution in [1.82, 2.24) is 5.32 Å². The number of halogens is 1. The zero-order valence-electron chi connectivity index (χ0n) is 15.8. The fourth-order valence-corrected chi connectivity index (χ4v) is 3.91. The Bertz CT molecular complexity index is 767. The number of nitrogens with zero attached hydrogens (tertiary/aromatic N) is 1. The number of anilines is 1. The molecule has 5 nitrogen and oxygen atoms in total. The molecule has 1 aliphatic carbocycles. The molecule has 0 spiro atoms. The molecule has 0 unspecified atom stereocenters. The van der Waals surface area contributed by atoms with Crippen molar-refractivity contribution in [2.45, 2.75) is 22.5 Å². The van der Waals surface area contributed by atoms with Gasteiger partial charge in [0.05, 0.1) is 14.2 Å². The molecule has 0 aliphatic heterocycles. The van der Waals surface area contributed by atoms with Gasteiger partial charge in [0.1, 0.15) is 0 Å². The number of hydrogen-bond donors (Lipinski definition) is 2. The number of aliphatic imine (C=N–C) groups is 1. The number of ether oxygens (including phenoxy) is 2. The van der Waals surface area contributed by atoms with Gasteiger partial charge in [-0.1, -0.05) is 18.2 Å². The molecular formula is C20H26IN3O2S. The maximum atomic E-state index is 5.35. The zero-order valence-corrected chi connectivity index (χ0v) is 19.0. The first-order valence-corrected chi connectivity index (χ1v) is 9.43. The molecule has 0 heterocycles. The van der Waals surface area contributed by atoms with Crippen molar-refractivity contribution in [1.29, 1.82) is 0 Å². The Morgan fingerprint density at radius 3 is 2.37 bits per heavy atom. The fraction of sp³-hybridized carbons (Fsp3) is 0.350. The maximum absolute atomic E-state index is 5.35. The summed E-state index contributed by atoms with van der Waals surface area (Å²) in [7, 11) is 5.04. The van der Waals surface area contributed by atoms with E-state index in [1.165, 1.54) is 17.7 Å². The van der Waals surface area contributed by atoms with Crippen LogP contribution in [0.3, 0.4) is 0 Å². The van der Waals surface area contributed by atoms with E-state index in [0.717, 1.165) is 18.2 Å². The van der Waals surface area contributed by atoms with Crippen LogP contribution in [0.25, 0.3) is 0 Å². The second-order valence-electron chi connectivity index (χ2n) is 6.22. The lowest BCUT2D eigenvalue weighted by Gasteiger charge is -2.19. The third kappa shape index (κ3) is 5.93. The van der Waals surface area contributed by atoms with Crippen LogP contribution in [-0.2, 0) is 0 Å². The van der Waals surface area contributed by atoms with Crippen molar-refractivity contribution in [3.63, 3.8) is 0 Å². The number of thioether (sulfide) groups is 1. The van der Waals surface area contributed by atoms with Gasteiger partial charge >= 0.3 is 0 Å². The van der Waals surface area contributed by atoms with Crippen LogP contribution in [0.5, 0.6) is 11.5 Å². The van der Waals surface area contributed by atoms with E-state index in [-0.39, 0.29) is 28.7 Å². The molecule has 1 saturated carbocycles. The summed E-state index contributed by atoms with van der Waals surface area (Å²) >= 11 is 1.94. The van der Waals surface area contributed by atoms with Gasteiger partial charge < -0.3 is 20.1 Å². The minimum Gasteiger partial charge on any atom is -0.493 e. The summed E-state index contributed by atoms with van der Waals surface area (Å²) in [5.41, 5.74) is 0.899. The second kappa shape index (κ2) is 10.1. The van der Waals surface area contributed by atoms with Gasteiger partial charge in [-0.2, -0.15) is 0 Å². The largest absolute Gasteiger partial charge is 0.493 e. The highest BCUT2D eigenvalue weighted by Gasteiger charge is 2.43. The number of methoxy groups -OCH3 is 2. The van der Waals surface area contributed by atoms with E-state index >= 15 is 0 Å². The molecule has 2 aromatic carbocycles. The lowest BCUT2D eigenvalue weighted by Crippen LogP contribution is -2.36. The maximum Gasteiger partial charge on any atom is 0.195 e. The fourth-order valence-electron chi connectivity index (χ4n) is 2.67. The van der Waals surface area contributed by atoms with Gasteiger partial charge in [0.2, 0.25) is 0 Å². The zero-order chi connectivity index (χ0) is 18.4. The van der Waals surface area contributed by atoms with Crippen molar-refractivity contribution in [3.05, 3.63) is 48.5 Å². The molecule has 0 atom stereocenters. The Kier molecular flexibility index (Phi) is 8.09. The second-order valence-corrected chi connectivity index (χ2v) is 7.76. The summed E-state index contributed by atoms with van der Waals surface area (Å²) in [6.07, 6.45) is 2.43. The van der Waals surface area contributed by atoms with Gasteiger partial charge in [0.25, 0.3) is 0 Å². The van der Waals surface area contributed by atoms with Crippen LogP contribution in [-0.4, -0.2) is 38.5 Å². The summed E-state index contributed by atoms with van der Waals surface area (Å²) in [6.45, 7) is 0.875. The van der Waals surface area contributed by atoms with Crippen molar-refractivity contribution in [2.75, 3.05) is 33.1 Å². The molecular weight excluding hydrogens is 473 g/mol. The highest BCUT2D eigenvalue weighted by atomic mass is 127. The van der Waals surface area contributed by atoms with Crippen LogP contribution < -0.4 is 20.1 Å². The highest BCUT2D eigenvalue weighted by Crippen LogP contribution is 2.51. The monoisotopic (exact) mass is 499 g/mol. The van der Waals surface area contributed by atoms with Gasteiger partial charge in [-0.05, 0) is 37.1 Å². The first-order valence-electron chi connectivity index (χ1n) is 8.62. The van der Waals surface area contributed by atoms with Crippen LogP contribution in [0, 0.1) is 0 Å². The third-order valence-corrected chi connectivity index (χ3v) is 5.83. The van der Waals surface area contributed by atoms with Gasteiger partial charge in [0.15, 0.2) is 17.5 Å². The molecule has 0 bridgehead atoms. The Hall–Kier alpha value is -1.61. The standard InChI is InChI=1S/C20H25N3O2S.HI/c1-21-19(23-15-9-10-17(24-2)18(13-15)25-3)22-14-20(11-12-20)26-16-7-5-4-6-8-16;/h4-10,13H,11-12,14H2,1-3H3,(H2,21,22,23);1H.